The second-order valence-electron chi connectivity index (χ2n) is 9.92. The Morgan fingerprint density at radius 3 is 2.12 bits per heavy atom. The summed E-state index contributed by atoms with van der Waals surface area (Å²) in [6, 6.07) is 20.2. The van der Waals surface area contributed by atoms with Crippen molar-refractivity contribution in [2.75, 3.05) is 17.1 Å². The molecular formula is C30H35Cl2N3O4S. The van der Waals surface area contributed by atoms with E-state index in [2.05, 4.69) is 5.32 Å². The molecule has 1 N–H and O–H groups in total. The van der Waals surface area contributed by atoms with Crippen LogP contribution in [0.2, 0.25) is 10.0 Å². The molecule has 3 rings (SSSR count). The molecule has 1 atom stereocenters. The molecule has 0 saturated carbocycles. The third kappa shape index (κ3) is 8.71. The number of rotatable bonds is 12. The van der Waals surface area contributed by atoms with E-state index in [4.69, 9.17) is 23.2 Å². The Kier molecular flexibility index (Phi) is 11.0. The van der Waals surface area contributed by atoms with Crippen LogP contribution in [0.25, 0.3) is 0 Å². The molecule has 0 saturated heterocycles. The van der Waals surface area contributed by atoms with E-state index in [1.165, 1.54) is 4.90 Å². The van der Waals surface area contributed by atoms with Gasteiger partial charge in [0.25, 0.3) is 0 Å². The van der Waals surface area contributed by atoms with Gasteiger partial charge in [-0.15, -0.1) is 0 Å². The van der Waals surface area contributed by atoms with Crippen LogP contribution in [-0.2, 0) is 39.0 Å². The molecular weight excluding hydrogens is 569 g/mol. The third-order valence-corrected chi connectivity index (χ3v) is 8.10. The minimum Gasteiger partial charge on any atom is -0.352 e. The summed E-state index contributed by atoms with van der Waals surface area (Å²) in [4.78, 5) is 29.0. The van der Waals surface area contributed by atoms with Gasteiger partial charge >= 0.3 is 0 Å². The van der Waals surface area contributed by atoms with Gasteiger partial charge in [-0.1, -0.05) is 78.7 Å². The van der Waals surface area contributed by atoms with Crippen molar-refractivity contribution in [3.05, 3.63) is 99.5 Å². The number of sulfonamides is 1. The van der Waals surface area contributed by atoms with E-state index in [0.29, 0.717) is 21.3 Å². The summed E-state index contributed by atoms with van der Waals surface area (Å²) in [5, 5.41) is 3.69. The predicted octanol–water partition coefficient (Wildman–Crippen LogP) is 5.49. The molecule has 0 aliphatic rings. The molecule has 0 fully saturated rings. The first-order chi connectivity index (χ1) is 18.9. The number of amides is 2. The highest BCUT2D eigenvalue weighted by atomic mass is 35.5. The molecule has 0 aliphatic carbocycles. The van der Waals surface area contributed by atoms with Gasteiger partial charge in [0.2, 0.25) is 21.8 Å². The van der Waals surface area contributed by atoms with E-state index < -0.39 is 28.5 Å². The summed E-state index contributed by atoms with van der Waals surface area (Å²) >= 11 is 12.6. The quantitative estimate of drug-likeness (QED) is 0.297. The minimum absolute atomic E-state index is 0.0236. The molecule has 40 heavy (non-hydrogen) atoms. The molecule has 0 aromatic heterocycles. The van der Waals surface area contributed by atoms with Crippen LogP contribution in [0.4, 0.5) is 5.69 Å². The molecule has 7 nitrogen and oxygen atoms in total. The van der Waals surface area contributed by atoms with E-state index in [9.17, 15) is 18.0 Å². The Morgan fingerprint density at radius 1 is 0.925 bits per heavy atom. The van der Waals surface area contributed by atoms with E-state index in [0.717, 1.165) is 28.1 Å². The number of aryl methyl sites for hydroxylation is 1. The van der Waals surface area contributed by atoms with Gasteiger partial charge in [0.15, 0.2) is 0 Å². The van der Waals surface area contributed by atoms with Gasteiger partial charge in [-0.05, 0) is 61.2 Å². The van der Waals surface area contributed by atoms with Gasteiger partial charge in [-0.2, -0.15) is 0 Å². The van der Waals surface area contributed by atoms with Crippen molar-refractivity contribution in [1.82, 2.24) is 10.2 Å². The fourth-order valence-corrected chi connectivity index (χ4v) is 5.60. The summed E-state index contributed by atoms with van der Waals surface area (Å²) in [7, 11) is -3.83. The van der Waals surface area contributed by atoms with E-state index in [-0.39, 0.29) is 24.9 Å². The third-order valence-electron chi connectivity index (χ3n) is 6.37. The highest BCUT2D eigenvalue weighted by Gasteiger charge is 2.33. The van der Waals surface area contributed by atoms with Crippen molar-refractivity contribution >= 4 is 50.7 Å². The maximum atomic E-state index is 14.1. The van der Waals surface area contributed by atoms with Crippen LogP contribution in [0.15, 0.2) is 72.8 Å². The summed E-state index contributed by atoms with van der Waals surface area (Å²) in [6.07, 6.45) is 2.07. The van der Waals surface area contributed by atoms with Gasteiger partial charge in [0, 0.05) is 29.1 Å². The van der Waals surface area contributed by atoms with Gasteiger partial charge < -0.3 is 10.2 Å². The zero-order valence-corrected chi connectivity index (χ0v) is 25.4. The average molecular weight is 605 g/mol. The molecule has 214 valence electrons. The number of halogens is 2. The first-order valence-electron chi connectivity index (χ1n) is 13.0. The number of hydrogen-bond acceptors (Lipinski definition) is 4. The molecule has 3 aromatic rings. The number of carbonyl (C=O) groups excluding carboxylic acids is 2. The predicted molar refractivity (Wildman–Crippen MR) is 162 cm³/mol. The Labute approximate surface area is 247 Å². The van der Waals surface area contributed by atoms with Gasteiger partial charge in [0.05, 0.1) is 11.9 Å². The Bertz CT molecular complexity index is 1410. The second kappa shape index (κ2) is 14.0. The van der Waals surface area contributed by atoms with Crippen LogP contribution in [0.5, 0.6) is 0 Å². The van der Waals surface area contributed by atoms with Gasteiger partial charge in [-0.25, -0.2) is 8.42 Å². The van der Waals surface area contributed by atoms with Crippen LogP contribution in [-0.4, -0.2) is 50.0 Å². The largest absolute Gasteiger partial charge is 0.352 e. The highest BCUT2D eigenvalue weighted by molar-refractivity contribution is 7.92. The maximum Gasteiger partial charge on any atom is 0.244 e. The van der Waals surface area contributed by atoms with Crippen LogP contribution in [0.3, 0.4) is 0 Å². The lowest BCUT2D eigenvalue weighted by Gasteiger charge is -2.34. The fourth-order valence-electron chi connectivity index (χ4n) is 4.28. The lowest BCUT2D eigenvalue weighted by atomic mass is 10.0. The average Bonchev–Trinajstić information content (AvgIpc) is 2.90. The van der Waals surface area contributed by atoms with Crippen LogP contribution in [0, 0.1) is 0 Å². The monoisotopic (exact) mass is 603 g/mol. The lowest BCUT2D eigenvalue weighted by molar-refractivity contribution is -0.140. The summed E-state index contributed by atoms with van der Waals surface area (Å²) in [6.45, 7) is 5.16. The zero-order valence-electron chi connectivity index (χ0n) is 23.1. The Hall–Kier alpha value is -3.07. The molecule has 0 radical (unpaired) electrons. The van der Waals surface area contributed by atoms with Crippen LogP contribution >= 0.6 is 23.2 Å². The van der Waals surface area contributed by atoms with E-state index in [1.54, 1.807) is 30.3 Å². The molecule has 0 unspecified atom stereocenters. The molecule has 0 aliphatic heterocycles. The summed E-state index contributed by atoms with van der Waals surface area (Å²) in [5.74, 6) is -0.897. The number of benzene rings is 3. The van der Waals surface area contributed by atoms with Crippen molar-refractivity contribution in [2.45, 2.75) is 52.2 Å². The lowest BCUT2D eigenvalue weighted by Crippen LogP contribution is -2.54. The fraction of sp³-hybridized carbons (Fsp3) is 0.333. The van der Waals surface area contributed by atoms with Crippen molar-refractivity contribution in [3.63, 3.8) is 0 Å². The normalized spacial score (nSPS) is 12.2. The molecule has 3 aromatic carbocycles. The number of hydrogen-bond donors (Lipinski definition) is 1. The standard InChI is InChI=1S/C30H35Cl2N3O4S/c1-5-22-11-15-26(16-12-22)35(40(4,38)39)20-29(36)34(19-24-13-14-25(31)18-27(24)32)28(30(37)33-21(2)3)17-23-9-7-6-8-10-23/h6-16,18,21,28H,5,17,19-20H2,1-4H3,(H,33,37)/t28-/m0/s1. The van der Waals surface area contributed by atoms with Crippen molar-refractivity contribution in [1.29, 1.82) is 0 Å². The van der Waals surface area contributed by atoms with E-state index in [1.807, 2.05) is 63.2 Å². The Balaban J connectivity index is 2.07. The molecule has 0 heterocycles. The molecule has 0 bridgehead atoms. The first-order valence-corrected chi connectivity index (χ1v) is 15.6. The molecule has 10 heteroatoms. The first kappa shape index (κ1) is 31.5. The van der Waals surface area contributed by atoms with Crippen molar-refractivity contribution in [2.24, 2.45) is 0 Å². The van der Waals surface area contributed by atoms with Gasteiger partial charge in [-0.3, -0.25) is 13.9 Å². The van der Waals surface area contributed by atoms with Crippen LogP contribution < -0.4 is 9.62 Å². The number of carbonyl (C=O) groups is 2. The highest BCUT2D eigenvalue weighted by Crippen LogP contribution is 2.25. The summed E-state index contributed by atoms with van der Waals surface area (Å²) < 4.78 is 26.8. The van der Waals surface area contributed by atoms with Gasteiger partial charge in [0.1, 0.15) is 12.6 Å². The minimum atomic E-state index is -3.83. The number of nitrogens with one attached hydrogen (secondary N) is 1. The molecule has 2 amide bonds. The smallest absolute Gasteiger partial charge is 0.244 e. The van der Waals surface area contributed by atoms with Crippen molar-refractivity contribution in [3.8, 4) is 0 Å². The SMILES string of the molecule is CCc1ccc(N(CC(=O)N(Cc2ccc(Cl)cc2Cl)[C@@H](Cc2ccccc2)C(=O)NC(C)C)S(C)(=O)=O)cc1. The topological polar surface area (TPSA) is 86.8 Å². The summed E-state index contributed by atoms with van der Waals surface area (Å²) in [5.41, 5.74) is 2.83. The second-order valence-corrected chi connectivity index (χ2v) is 12.7. The molecule has 0 spiro atoms. The number of nitrogens with zero attached hydrogens (tertiary/aromatic N) is 2. The zero-order chi connectivity index (χ0) is 29.4. The Morgan fingerprint density at radius 2 is 1.57 bits per heavy atom. The van der Waals surface area contributed by atoms with Crippen molar-refractivity contribution < 1.29 is 18.0 Å². The maximum absolute atomic E-state index is 14.1. The van der Waals surface area contributed by atoms with E-state index >= 15 is 0 Å². The van der Waals surface area contributed by atoms with Crippen LogP contribution in [0.1, 0.15) is 37.5 Å². The number of anilines is 1.